The average molecular weight is 232 g/mol. The second-order valence-corrected chi connectivity index (χ2v) is 2.98. The predicted molar refractivity (Wildman–Crippen MR) is 47.7 cm³/mol. The highest BCUT2D eigenvalue weighted by atomic mass is 79.9. The Labute approximate surface area is 76.9 Å². The second kappa shape index (κ2) is 3.06. The molecule has 0 aliphatic heterocycles. The summed E-state index contributed by atoms with van der Waals surface area (Å²) in [5.41, 5.74) is 6.06. The molecule has 0 bridgehead atoms. The van der Waals surface area contributed by atoms with Crippen molar-refractivity contribution in [2.75, 3.05) is 5.73 Å². The van der Waals surface area contributed by atoms with Gasteiger partial charge in [0.25, 0.3) is 0 Å². The van der Waals surface area contributed by atoms with Crippen LogP contribution in [0.25, 0.3) is 0 Å². The van der Waals surface area contributed by atoms with Gasteiger partial charge in [0.15, 0.2) is 0 Å². The van der Waals surface area contributed by atoms with Gasteiger partial charge in [-0.2, -0.15) is 0 Å². The molecule has 1 aromatic heterocycles. The third kappa shape index (κ3) is 1.38. The van der Waals surface area contributed by atoms with Gasteiger partial charge in [0.1, 0.15) is 16.5 Å². The molecule has 5 nitrogen and oxygen atoms in total. The van der Waals surface area contributed by atoms with Crippen LogP contribution in [0.15, 0.2) is 10.8 Å². The number of anilines is 1. The summed E-state index contributed by atoms with van der Waals surface area (Å²) in [5, 5.41) is 10.4. The molecule has 12 heavy (non-hydrogen) atoms. The van der Waals surface area contributed by atoms with E-state index in [1.165, 1.54) is 0 Å². The molecular formula is C6H6BrN3O2. The van der Waals surface area contributed by atoms with E-state index < -0.39 is 4.92 Å². The monoisotopic (exact) mass is 231 g/mol. The number of nitro groups is 1. The van der Waals surface area contributed by atoms with E-state index in [0.717, 1.165) is 6.20 Å². The first-order valence-corrected chi connectivity index (χ1v) is 3.88. The molecule has 0 saturated heterocycles. The van der Waals surface area contributed by atoms with E-state index in [9.17, 15) is 10.1 Å². The van der Waals surface area contributed by atoms with Crippen molar-refractivity contribution in [3.63, 3.8) is 0 Å². The van der Waals surface area contributed by atoms with Crippen LogP contribution < -0.4 is 5.73 Å². The number of rotatable bonds is 1. The number of nitrogen functional groups attached to an aromatic ring is 1. The maximum Gasteiger partial charge on any atom is 0.310 e. The Hall–Kier alpha value is -1.17. The average Bonchev–Trinajstić information content (AvgIpc) is 2.00. The topological polar surface area (TPSA) is 82.0 Å². The normalized spacial score (nSPS) is 9.83. The van der Waals surface area contributed by atoms with Crippen LogP contribution in [0.4, 0.5) is 11.4 Å². The Morgan fingerprint density at radius 2 is 2.33 bits per heavy atom. The molecule has 64 valence electrons. The minimum atomic E-state index is -0.554. The number of hydrogen-bond donors (Lipinski definition) is 1. The van der Waals surface area contributed by atoms with E-state index in [0.29, 0.717) is 10.2 Å². The van der Waals surface area contributed by atoms with Gasteiger partial charge in [-0.05, 0) is 22.9 Å². The molecule has 0 fully saturated rings. The quantitative estimate of drug-likeness (QED) is 0.453. The number of halogens is 1. The number of aromatic nitrogens is 1. The largest absolute Gasteiger partial charge is 0.393 e. The van der Waals surface area contributed by atoms with Gasteiger partial charge in [0.05, 0.1) is 4.92 Å². The van der Waals surface area contributed by atoms with Gasteiger partial charge in [0.2, 0.25) is 0 Å². The molecule has 2 N–H and O–H groups in total. The van der Waals surface area contributed by atoms with E-state index in [1.807, 2.05) is 0 Å². The third-order valence-electron chi connectivity index (χ3n) is 1.49. The number of hydrogen-bond acceptors (Lipinski definition) is 4. The molecular weight excluding hydrogens is 226 g/mol. The van der Waals surface area contributed by atoms with Crippen LogP contribution in [0.1, 0.15) is 5.56 Å². The summed E-state index contributed by atoms with van der Waals surface area (Å²) in [6.07, 6.45) is 1.13. The molecule has 1 heterocycles. The summed E-state index contributed by atoms with van der Waals surface area (Å²) in [6, 6.07) is 0. The van der Waals surface area contributed by atoms with Gasteiger partial charge in [-0.1, -0.05) is 0 Å². The Morgan fingerprint density at radius 1 is 1.75 bits per heavy atom. The summed E-state index contributed by atoms with van der Waals surface area (Å²) in [5.74, 6) is 0. The lowest BCUT2D eigenvalue weighted by Gasteiger charge is -2.01. The number of nitrogens with zero attached hydrogens (tertiary/aromatic N) is 2. The summed E-state index contributed by atoms with van der Waals surface area (Å²) in [6.45, 7) is 1.67. The lowest BCUT2D eigenvalue weighted by molar-refractivity contribution is -0.384. The van der Waals surface area contributed by atoms with Gasteiger partial charge < -0.3 is 5.73 Å². The molecule has 1 rings (SSSR count). The van der Waals surface area contributed by atoms with Crippen LogP contribution in [-0.4, -0.2) is 9.91 Å². The van der Waals surface area contributed by atoms with E-state index >= 15 is 0 Å². The number of pyridine rings is 1. The molecule has 0 radical (unpaired) electrons. The minimum Gasteiger partial charge on any atom is -0.393 e. The summed E-state index contributed by atoms with van der Waals surface area (Å²) in [4.78, 5) is 13.6. The van der Waals surface area contributed by atoms with Crippen LogP contribution >= 0.6 is 15.9 Å². The van der Waals surface area contributed by atoms with E-state index in [1.54, 1.807) is 6.92 Å². The first-order chi connectivity index (χ1) is 5.54. The zero-order chi connectivity index (χ0) is 9.30. The highest BCUT2D eigenvalue weighted by Gasteiger charge is 2.15. The molecule has 0 aliphatic rings. The molecule has 0 aliphatic carbocycles. The zero-order valence-electron chi connectivity index (χ0n) is 6.24. The van der Waals surface area contributed by atoms with Crippen molar-refractivity contribution < 1.29 is 4.92 Å². The van der Waals surface area contributed by atoms with Gasteiger partial charge in [-0.3, -0.25) is 10.1 Å². The van der Waals surface area contributed by atoms with Crippen LogP contribution in [0.2, 0.25) is 0 Å². The van der Waals surface area contributed by atoms with Crippen molar-refractivity contribution >= 4 is 27.3 Å². The van der Waals surface area contributed by atoms with Crippen LogP contribution in [0.5, 0.6) is 0 Å². The molecule has 1 aromatic rings. The zero-order valence-corrected chi connectivity index (χ0v) is 7.83. The van der Waals surface area contributed by atoms with Crippen molar-refractivity contribution in [2.24, 2.45) is 0 Å². The third-order valence-corrected chi connectivity index (χ3v) is 2.29. The second-order valence-electron chi connectivity index (χ2n) is 2.23. The highest BCUT2D eigenvalue weighted by molar-refractivity contribution is 9.10. The summed E-state index contributed by atoms with van der Waals surface area (Å²) in [7, 11) is 0. The van der Waals surface area contributed by atoms with Crippen LogP contribution in [0, 0.1) is 17.0 Å². The Kier molecular flexibility index (Phi) is 2.27. The molecule has 0 aromatic carbocycles. The lowest BCUT2D eigenvalue weighted by atomic mass is 10.2. The lowest BCUT2D eigenvalue weighted by Crippen LogP contribution is -1.99. The molecule has 6 heteroatoms. The molecule has 0 spiro atoms. The minimum absolute atomic E-state index is 0.155. The number of nitrogens with two attached hydrogens (primary N) is 1. The van der Waals surface area contributed by atoms with Crippen molar-refractivity contribution in [2.45, 2.75) is 6.92 Å². The smallest absolute Gasteiger partial charge is 0.310 e. The van der Waals surface area contributed by atoms with Crippen molar-refractivity contribution in [3.05, 3.63) is 26.5 Å². The van der Waals surface area contributed by atoms with Gasteiger partial charge in [-0.25, -0.2) is 4.98 Å². The predicted octanol–water partition coefficient (Wildman–Crippen LogP) is 1.64. The van der Waals surface area contributed by atoms with Crippen LogP contribution in [0.3, 0.4) is 0 Å². The van der Waals surface area contributed by atoms with Crippen molar-refractivity contribution in [3.8, 4) is 0 Å². The SMILES string of the molecule is Cc1c(Br)ncc([N+](=O)[O-])c1N. The molecule has 0 unspecified atom stereocenters. The van der Waals surface area contributed by atoms with E-state index in [4.69, 9.17) is 5.73 Å². The fourth-order valence-electron chi connectivity index (χ4n) is 0.733. The van der Waals surface area contributed by atoms with Crippen LogP contribution in [-0.2, 0) is 0 Å². The van der Waals surface area contributed by atoms with E-state index in [2.05, 4.69) is 20.9 Å². The molecule has 0 amide bonds. The molecule has 0 saturated carbocycles. The fraction of sp³-hybridized carbons (Fsp3) is 0.167. The van der Waals surface area contributed by atoms with Gasteiger partial charge in [-0.15, -0.1) is 0 Å². The summed E-state index contributed by atoms with van der Waals surface area (Å²) >= 11 is 3.12. The Morgan fingerprint density at radius 3 is 2.83 bits per heavy atom. The highest BCUT2D eigenvalue weighted by Crippen LogP contribution is 2.27. The maximum atomic E-state index is 10.4. The Balaban J connectivity index is 3.36. The van der Waals surface area contributed by atoms with Gasteiger partial charge >= 0.3 is 5.69 Å². The standard InChI is InChI=1S/C6H6BrN3O2/c1-3-5(8)4(10(11)12)2-9-6(3)7/h2H,1H3,(H2,8,9). The first-order valence-electron chi connectivity index (χ1n) is 3.09. The molecule has 0 atom stereocenters. The van der Waals surface area contributed by atoms with Crippen molar-refractivity contribution in [1.82, 2.24) is 4.98 Å². The fourth-order valence-corrected chi connectivity index (χ4v) is 1.05. The Bertz CT molecular complexity index is 340. The summed E-state index contributed by atoms with van der Waals surface area (Å²) < 4.78 is 0.533. The first kappa shape index (κ1) is 8.92. The maximum absolute atomic E-state index is 10.4. The van der Waals surface area contributed by atoms with Crippen molar-refractivity contribution in [1.29, 1.82) is 0 Å². The van der Waals surface area contributed by atoms with Gasteiger partial charge in [0, 0.05) is 5.56 Å². The van der Waals surface area contributed by atoms with E-state index in [-0.39, 0.29) is 11.4 Å².